The predicted octanol–water partition coefficient (Wildman–Crippen LogP) is 16.0. The first-order valence-corrected chi connectivity index (χ1v) is 20.0. The van der Waals surface area contributed by atoms with E-state index < -0.39 is 0 Å². The highest BCUT2D eigenvalue weighted by molar-refractivity contribution is 7.26. The van der Waals surface area contributed by atoms with Crippen LogP contribution in [0.2, 0.25) is 0 Å². The molecule has 0 aliphatic carbocycles. The third-order valence-electron chi connectivity index (χ3n) is 11.3. The van der Waals surface area contributed by atoms with Crippen LogP contribution in [0.25, 0.3) is 85.9 Å². The Hall–Kier alpha value is -7.00. The van der Waals surface area contributed by atoms with Crippen LogP contribution in [0.15, 0.2) is 212 Å². The minimum atomic E-state index is 1.10. The Bertz CT molecular complexity index is 3230. The predicted molar refractivity (Wildman–Crippen MR) is 243 cm³/mol. The Morgan fingerprint density at radius 1 is 0.304 bits per heavy atom. The molecule has 0 N–H and O–H groups in total. The van der Waals surface area contributed by atoms with Gasteiger partial charge < -0.3 is 4.90 Å². The molecular formula is C54H35NS. The van der Waals surface area contributed by atoms with E-state index in [0.29, 0.717) is 0 Å². The molecule has 11 rings (SSSR count). The van der Waals surface area contributed by atoms with E-state index in [2.05, 4.69) is 217 Å². The van der Waals surface area contributed by atoms with Gasteiger partial charge in [0, 0.05) is 37.1 Å². The number of hydrogen-bond acceptors (Lipinski definition) is 2. The number of rotatable bonds is 6. The van der Waals surface area contributed by atoms with Crippen molar-refractivity contribution in [3.05, 3.63) is 212 Å². The summed E-state index contributed by atoms with van der Waals surface area (Å²) >= 11 is 1.88. The summed E-state index contributed by atoms with van der Waals surface area (Å²) in [6.45, 7) is 0. The van der Waals surface area contributed by atoms with Gasteiger partial charge in [-0.3, -0.25) is 0 Å². The normalized spacial score (nSPS) is 11.6. The van der Waals surface area contributed by atoms with Crippen LogP contribution in [0.5, 0.6) is 0 Å². The molecule has 11 aromatic rings. The molecule has 0 saturated carbocycles. The summed E-state index contributed by atoms with van der Waals surface area (Å²) in [5.74, 6) is 0. The lowest BCUT2D eigenvalue weighted by molar-refractivity contribution is 1.28. The molecule has 0 bridgehead atoms. The summed E-state index contributed by atoms with van der Waals surface area (Å²) in [6, 6.07) is 77.6. The van der Waals surface area contributed by atoms with E-state index >= 15 is 0 Å². The Labute approximate surface area is 330 Å². The van der Waals surface area contributed by atoms with Gasteiger partial charge in [0.05, 0.1) is 5.69 Å². The SMILES string of the molecule is c1ccc(-c2ccccc2N(c2ccc(-c3cccc4c3ccc3ccc5ccccc5c34)cc2)c2ccc(-c3cccc4c3sc3ccccc34)cc2)cc1. The number of thiophene rings is 1. The quantitative estimate of drug-likeness (QED) is 0.154. The Morgan fingerprint density at radius 3 is 1.66 bits per heavy atom. The van der Waals surface area contributed by atoms with Crippen molar-refractivity contribution >= 4 is 80.9 Å². The first-order valence-electron chi connectivity index (χ1n) is 19.2. The Kier molecular flexibility index (Phi) is 7.75. The van der Waals surface area contributed by atoms with Crippen LogP contribution in [-0.4, -0.2) is 0 Å². The molecule has 0 atom stereocenters. The third kappa shape index (κ3) is 5.38. The largest absolute Gasteiger partial charge is 0.310 e. The van der Waals surface area contributed by atoms with Crippen molar-refractivity contribution in [2.24, 2.45) is 0 Å². The van der Waals surface area contributed by atoms with Crippen LogP contribution >= 0.6 is 11.3 Å². The average Bonchev–Trinajstić information content (AvgIpc) is 3.66. The first kappa shape index (κ1) is 32.4. The van der Waals surface area contributed by atoms with Crippen molar-refractivity contribution in [3.63, 3.8) is 0 Å². The van der Waals surface area contributed by atoms with E-state index in [1.165, 1.54) is 85.9 Å². The van der Waals surface area contributed by atoms with Crippen molar-refractivity contribution < 1.29 is 0 Å². The van der Waals surface area contributed by atoms with E-state index in [-0.39, 0.29) is 0 Å². The average molecular weight is 730 g/mol. The van der Waals surface area contributed by atoms with Gasteiger partial charge >= 0.3 is 0 Å². The molecule has 10 aromatic carbocycles. The standard InChI is InChI=1S/C54H35NS/c1-2-12-36(13-3-1)44-15-6-8-22-51(44)55(42-33-28-39(29-34-42)46-19-11-21-50-48-17-7-9-23-52(48)56-54(46)50)41-31-26-38(27-32-41)43-18-10-20-49-47(43)35-30-40-25-24-37-14-4-5-16-45(37)53(40)49/h1-35H. The van der Waals surface area contributed by atoms with Crippen molar-refractivity contribution in [2.75, 3.05) is 4.90 Å². The molecule has 0 saturated heterocycles. The van der Waals surface area contributed by atoms with Gasteiger partial charge in [-0.25, -0.2) is 0 Å². The maximum Gasteiger partial charge on any atom is 0.0540 e. The molecule has 0 aliphatic heterocycles. The van der Waals surface area contributed by atoms with E-state index in [9.17, 15) is 0 Å². The first-order chi connectivity index (χ1) is 27.8. The number of fused-ring (bicyclic) bond motifs is 8. The van der Waals surface area contributed by atoms with Crippen LogP contribution in [0.4, 0.5) is 17.1 Å². The second kappa shape index (κ2) is 13.4. The highest BCUT2D eigenvalue weighted by Crippen LogP contribution is 2.44. The Morgan fingerprint density at radius 2 is 0.857 bits per heavy atom. The Balaban J connectivity index is 1.04. The highest BCUT2D eigenvalue weighted by Gasteiger charge is 2.19. The smallest absolute Gasteiger partial charge is 0.0540 e. The number of nitrogens with zero attached hydrogens (tertiary/aromatic N) is 1. The number of anilines is 3. The molecule has 1 nitrogen and oxygen atoms in total. The van der Waals surface area contributed by atoms with E-state index in [4.69, 9.17) is 0 Å². The van der Waals surface area contributed by atoms with Gasteiger partial charge in [0.2, 0.25) is 0 Å². The fourth-order valence-corrected chi connectivity index (χ4v) is 9.87. The van der Waals surface area contributed by atoms with Crippen LogP contribution in [0.3, 0.4) is 0 Å². The zero-order chi connectivity index (χ0) is 37.0. The fourth-order valence-electron chi connectivity index (χ4n) is 8.63. The van der Waals surface area contributed by atoms with E-state index in [1.54, 1.807) is 0 Å². The minimum Gasteiger partial charge on any atom is -0.310 e. The molecule has 56 heavy (non-hydrogen) atoms. The molecule has 0 amide bonds. The van der Waals surface area contributed by atoms with Crippen LogP contribution < -0.4 is 4.90 Å². The molecule has 1 aromatic heterocycles. The molecule has 0 aliphatic rings. The van der Waals surface area contributed by atoms with Gasteiger partial charge in [-0.05, 0) is 96.5 Å². The molecular weight excluding hydrogens is 695 g/mol. The maximum atomic E-state index is 2.40. The molecule has 2 heteroatoms. The van der Waals surface area contributed by atoms with E-state index in [0.717, 1.165) is 17.1 Å². The monoisotopic (exact) mass is 729 g/mol. The number of benzene rings is 10. The van der Waals surface area contributed by atoms with Crippen molar-refractivity contribution in [1.29, 1.82) is 0 Å². The van der Waals surface area contributed by atoms with Gasteiger partial charge in [0.1, 0.15) is 0 Å². The van der Waals surface area contributed by atoms with Gasteiger partial charge in [0.15, 0.2) is 0 Å². The lowest BCUT2D eigenvalue weighted by Gasteiger charge is -2.28. The van der Waals surface area contributed by atoms with Crippen LogP contribution in [0.1, 0.15) is 0 Å². The summed E-state index contributed by atoms with van der Waals surface area (Å²) in [6.07, 6.45) is 0. The second-order valence-electron chi connectivity index (χ2n) is 14.4. The molecule has 1 heterocycles. The lowest BCUT2D eigenvalue weighted by atomic mass is 9.92. The van der Waals surface area contributed by atoms with Gasteiger partial charge in [0.25, 0.3) is 0 Å². The highest BCUT2D eigenvalue weighted by atomic mass is 32.1. The summed E-state index contributed by atoms with van der Waals surface area (Å²) in [4.78, 5) is 2.40. The summed E-state index contributed by atoms with van der Waals surface area (Å²) in [5, 5.41) is 10.3. The molecule has 262 valence electrons. The van der Waals surface area contributed by atoms with Crippen molar-refractivity contribution in [3.8, 4) is 33.4 Å². The molecule has 0 spiro atoms. The van der Waals surface area contributed by atoms with Gasteiger partial charge in [-0.2, -0.15) is 0 Å². The maximum absolute atomic E-state index is 2.40. The zero-order valence-electron chi connectivity index (χ0n) is 30.6. The van der Waals surface area contributed by atoms with Crippen LogP contribution in [-0.2, 0) is 0 Å². The molecule has 0 fully saturated rings. The summed E-state index contributed by atoms with van der Waals surface area (Å²) in [5.41, 5.74) is 10.6. The number of para-hydroxylation sites is 1. The lowest BCUT2D eigenvalue weighted by Crippen LogP contribution is -2.11. The van der Waals surface area contributed by atoms with Gasteiger partial charge in [-0.15, -0.1) is 11.3 Å². The minimum absolute atomic E-state index is 1.10. The second-order valence-corrected chi connectivity index (χ2v) is 15.5. The van der Waals surface area contributed by atoms with Crippen molar-refractivity contribution in [1.82, 2.24) is 0 Å². The summed E-state index contributed by atoms with van der Waals surface area (Å²) in [7, 11) is 0. The van der Waals surface area contributed by atoms with Crippen LogP contribution in [0, 0.1) is 0 Å². The molecule has 0 unspecified atom stereocenters. The van der Waals surface area contributed by atoms with E-state index in [1.807, 2.05) is 11.3 Å². The third-order valence-corrected chi connectivity index (χ3v) is 12.5. The number of hydrogen-bond donors (Lipinski definition) is 0. The fraction of sp³-hybridized carbons (Fsp3) is 0. The van der Waals surface area contributed by atoms with Crippen molar-refractivity contribution in [2.45, 2.75) is 0 Å². The zero-order valence-corrected chi connectivity index (χ0v) is 31.4. The summed E-state index contributed by atoms with van der Waals surface area (Å²) < 4.78 is 2.65. The molecule has 0 radical (unpaired) electrons. The van der Waals surface area contributed by atoms with Gasteiger partial charge in [-0.1, -0.05) is 176 Å². The topological polar surface area (TPSA) is 3.24 Å².